The fourth-order valence-corrected chi connectivity index (χ4v) is 16.7. The number of rotatable bonds is 63. The Labute approximate surface area is 751 Å². The van der Waals surface area contributed by atoms with Gasteiger partial charge in [0, 0.05) is 106 Å². The number of nitrogens with zero attached hydrogens (tertiary/aromatic N) is 6. The molecule has 6 nitrogen and oxygen atoms in total. The van der Waals surface area contributed by atoms with Crippen LogP contribution in [0, 0.1) is 69.5 Å². The third-order valence-electron chi connectivity index (χ3n) is 24.4. The van der Waals surface area contributed by atoms with E-state index in [1.807, 2.05) is 72.8 Å². The van der Waals surface area contributed by atoms with Gasteiger partial charge < -0.3 is 14.7 Å². The van der Waals surface area contributed by atoms with Crippen molar-refractivity contribution in [1.29, 1.82) is 15.8 Å². The lowest BCUT2D eigenvalue weighted by Crippen LogP contribution is -2.25. The molecule has 0 N–H and O–H groups in total. The van der Waals surface area contributed by atoms with E-state index in [1.54, 1.807) is 0 Å². The van der Waals surface area contributed by atoms with Gasteiger partial charge in [0.2, 0.25) is 0 Å². The summed E-state index contributed by atoms with van der Waals surface area (Å²) in [6.07, 6.45) is 75.0. The summed E-state index contributed by atoms with van der Waals surface area (Å²) in [5, 5.41) is 30.2. The molecule has 0 bridgehead atoms. The minimum atomic E-state index is 0.592. The van der Waals surface area contributed by atoms with Gasteiger partial charge in [0.1, 0.15) is 0 Å². The van der Waals surface area contributed by atoms with Gasteiger partial charge in [0.15, 0.2) is 0 Å². The highest BCUT2D eigenvalue weighted by molar-refractivity contribution is 5.91. The Kier molecular flexibility index (Phi) is 53.1. The van der Waals surface area contributed by atoms with Crippen molar-refractivity contribution in [3.63, 3.8) is 0 Å². The van der Waals surface area contributed by atoms with Crippen LogP contribution in [0.5, 0.6) is 0 Å². The predicted molar refractivity (Wildman–Crippen MR) is 536 cm³/mol. The number of benzene rings is 7. The molecule has 0 aliphatic carbocycles. The molecule has 654 valence electrons. The maximum Gasteiger partial charge on any atom is 0.0991 e. The zero-order chi connectivity index (χ0) is 86.9. The lowest BCUT2D eigenvalue weighted by molar-refractivity contribution is 0.555. The molecule has 7 rings (SSSR count). The summed E-state index contributed by atoms with van der Waals surface area (Å²) in [4.78, 5) is 7.92. The first-order chi connectivity index (χ1) is 60.7. The molecule has 0 aromatic heterocycles. The molecule has 0 radical (unpaired) electrons. The second-order valence-electron chi connectivity index (χ2n) is 34.8. The fourth-order valence-electron chi connectivity index (χ4n) is 16.7. The van der Waals surface area contributed by atoms with Crippen LogP contribution in [0.25, 0.3) is 36.5 Å². The van der Waals surface area contributed by atoms with E-state index in [0.717, 1.165) is 106 Å². The summed E-state index contributed by atoms with van der Waals surface area (Å²) >= 11 is 0. The fraction of sp³-hybridized carbons (Fsp3) is 0.513. The molecule has 7 aromatic carbocycles. The van der Waals surface area contributed by atoms with Crippen LogP contribution in [0.1, 0.15) is 433 Å². The SMILES string of the molecule is CCCCCCCCCCN(CCCCCCCCCC)c1ccc(C#Cc2c(/C=C/c3ccc(C#N)cc3)c(C#Cc3ccc(N(CCCCCCCCCC)CCCCCCCCCC)cc3)c(/C=C/c3ccc(C#N)cc3)c(C#Cc3ccc(N(CCCCCCCCCC)CCCCCCCCCC)cc3)c2/C=C/c2ccc(C#N)cc2)cc1. The molecule has 0 saturated carbocycles. The number of anilines is 3. The van der Waals surface area contributed by atoms with Crippen molar-refractivity contribution in [3.8, 4) is 53.7 Å². The summed E-state index contributed by atoms with van der Waals surface area (Å²) in [6, 6.07) is 57.4. The first kappa shape index (κ1) is 100. The zero-order valence-electron chi connectivity index (χ0n) is 77.7. The Bertz CT molecular complexity index is 3880. The number of unbranched alkanes of at least 4 members (excludes halogenated alkanes) is 42. The van der Waals surface area contributed by atoms with E-state index in [1.165, 1.54) is 325 Å². The second kappa shape index (κ2) is 65.0. The molecular formula is C117H156N6. The van der Waals surface area contributed by atoms with Crippen LogP contribution in [0.2, 0.25) is 0 Å². The predicted octanol–water partition coefficient (Wildman–Crippen LogP) is 33.3. The molecule has 6 heteroatoms. The van der Waals surface area contributed by atoms with Gasteiger partial charge in [0.05, 0.1) is 34.9 Å². The van der Waals surface area contributed by atoms with E-state index >= 15 is 0 Å². The van der Waals surface area contributed by atoms with Gasteiger partial charge in [-0.1, -0.05) is 420 Å². The average molecular weight is 1650 g/mol. The minimum Gasteiger partial charge on any atom is -0.372 e. The third-order valence-corrected chi connectivity index (χ3v) is 24.4. The van der Waals surface area contributed by atoms with Crippen LogP contribution in [0.4, 0.5) is 17.1 Å². The van der Waals surface area contributed by atoms with Gasteiger partial charge >= 0.3 is 0 Å². The van der Waals surface area contributed by atoms with Crippen LogP contribution < -0.4 is 14.7 Å². The van der Waals surface area contributed by atoms with Gasteiger partial charge in [-0.25, -0.2) is 0 Å². The molecule has 0 amide bonds. The Morgan fingerprint density at radius 1 is 0.187 bits per heavy atom. The standard InChI is InChI=1S/C117H156N6/c1-7-13-19-25-31-37-43-49-91-121(92-50-44-38-32-26-20-14-8-2)109-79-67-103(68-80-109)76-88-115-112(85-73-100-55-61-106(97-118)62-56-100)116(89-77-104-69-81-110(82-70-104)122(93-51-45-39-33-27-21-15-9-3)94-52-46-40-34-28-22-16-10-4)114(87-75-102-59-65-108(99-120)66-60-102)117(113(115)86-74-101-57-63-107(98-119)64-58-101)90-78-105-71-83-111(84-72-105)123(95-53-47-41-35-29-23-17-11-5)96-54-48-42-36-30-24-18-12-6/h55-75,79-87H,7-54,91-96H2,1-6H3/b85-73+,86-74+,87-75+. The topological polar surface area (TPSA) is 81.1 Å². The van der Waals surface area contributed by atoms with Crippen LogP contribution in [0.15, 0.2) is 146 Å². The third kappa shape index (κ3) is 41.1. The van der Waals surface area contributed by atoms with Crippen LogP contribution in [-0.2, 0) is 0 Å². The summed E-state index contributed by atoms with van der Waals surface area (Å²) < 4.78 is 0. The van der Waals surface area contributed by atoms with Gasteiger partial charge in [-0.3, -0.25) is 0 Å². The highest BCUT2D eigenvalue weighted by Crippen LogP contribution is 2.35. The van der Waals surface area contributed by atoms with E-state index in [2.05, 4.69) is 219 Å². The highest BCUT2D eigenvalue weighted by Gasteiger charge is 2.21. The molecule has 0 fully saturated rings. The Morgan fingerprint density at radius 2 is 0.350 bits per heavy atom. The molecule has 7 aromatic rings. The maximum atomic E-state index is 10.1. The lowest BCUT2D eigenvalue weighted by atomic mass is 9.85. The summed E-state index contributed by atoms with van der Waals surface area (Å²) in [5.74, 6) is 23.1. The van der Waals surface area contributed by atoms with E-state index < -0.39 is 0 Å². The molecule has 0 aliphatic heterocycles. The zero-order valence-corrected chi connectivity index (χ0v) is 77.7. The first-order valence-corrected chi connectivity index (χ1v) is 49.6. The van der Waals surface area contributed by atoms with Crippen molar-refractivity contribution in [2.24, 2.45) is 0 Å². The smallest absolute Gasteiger partial charge is 0.0991 e. The van der Waals surface area contributed by atoms with E-state index in [-0.39, 0.29) is 0 Å². The maximum absolute atomic E-state index is 10.1. The summed E-state index contributed by atoms with van der Waals surface area (Å²) in [5.41, 5.74) is 15.8. The quantitative estimate of drug-likeness (QED) is 0.0215. The van der Waals surface area contributed by atoms with Crippen LogP contribution >= 0.6 is 0 Å². The largest absolute Gasteiger partial charge is 0.372 e. The van der Waals surface area contributed by atoms with Crippen LogP contribution in [-0.4, -0.2) is 39.3 Å². The van der Waals surface area contributed by atoms with Gasteiger partial charge in [-0.15, -0.1) is 0 Å². The van der Waals surface area contributed by atoms with Crippen molar-refractivity contribution in [2.45, 2.75) is 350 Å². The number of hydrogen-bond donors (Lipinski definition) is 0. The van der Waals surface area contributed by atoms with Crippen molar-refractivity contribution in [2.75, 3.05) is 54.0 Å². The van der Waals surface area contributed by atoms with E-state index in [9.17, 15) is 15.8 Å². The second-order valence-corrected chi connectivity index (χ2v) is 34.8. The molecule has 0 aliphatic rings. The van der Waals surface area contributed by atoms with Crippen LogP contribution in [0.3, 0.4) is 0 Å². The minimum absolute atomic E-state index is 0.592. The lowest BCUT2D eigenvalue weighted by Gasteiger charge is -2.25. The van der Waals surface area contributed by atoms with Crippen molar-refractivity contribution < 1.29 is 0 Å². The normalized spacial score (nSPS) is 11.1. The van der Waals surface area contributed by atoms with Gasteiger partial charge in [-0.05, 0) is 164 Å². The van der Waals surface area contributed by atoms with Crippen molar-refractivity contribution in [3.05, 3.63) is 229 Å². The highest BCUT2D eigenvalue weighted by atomic mass is 15.1. The molecule has 0 unspecified atom stereocenters. The molecule has 0 heterocycles. The number of nitriles is 3. The molecule has 0 saturated heterocycles. The molecular weight excluding hydrogens is 1490 g/mol. The summed E-state index contributed by atoms with van der Waals surface area (Å²) in [7, 11) is 0. The first-order valence-electron chi connectivity index (χ1n) is 49.6. The van der Waals surface area contributed by atoms with Crippen molar-refractivity contribution >= 4 is 53.5 Å². The van der Waals surface area contributed by atoms with Gasteiger partial charge in [-0.2, -0.15) is 15.8 Å². The number of hydrogen-bond acceptors (Lipinski definition) is 6. The van der Waals surface area contributed by atoms with Crippen molar-refractivity contribution in [1.82, 2.24) is 0 Å². The molecule has 0 atom stereocenters. The average Bonchev–Trinajstić information content (AvgIpc) is 0.760. The monoisotopic (exact) mass is 1650 g/mol. The van der Waals surface area contributed by atoms with E-state index in [0.29, 0.717) is 16.7 Å². The molecule has 0 spiro atoms. The summed E-state index contributed by atoms with van der Waals surface area (Å²) in [6.45, 7) is 20.1. The Balaban J connectivity index is 1.47. The van der Waals surface area contributed by atoms with Gasteiger partial charge in [0.25, 0.3) is 0 Å². The Morgan fingerprint density at radius 3 is 0.520 bits per heavy atom. The molecule has 123 heavy (non-hydrogen) atoms. The Hall–Kier alpha value is -9.69. The van der Waals surface area contributed by atoms with E-state index in [4.69, 9.17) is 0 Å².